The van der Waals surface area contributed by atoms with Gasteiger partial charge in [-0.1, -0.05) is 97.1 Å². The van der Waals surface area contributed by atoms with Gasteiger partial charge in [0.2, 0.25) is 0 Å². The van der Waals surface area contributed by atoms with Gasteiger partial charge in [-0.15, -0.1) is 0 Å². The fourth-order valence-electron chi connectivity index (χ4n) is 9.66. The normalized spacial score (nSPS) is 12.2. The van der Waals surface area contributed by atoms with Crippen LogP contribution in [0.25, 0.3) is 82.7 Å². The first-order valence-corrected chi connectivity index (χ1v) is 22.9. The summed E-state index contributed by atoms with van der Waals surface area (Å²) in [5.74, 6) is 0. The summed E-state index contributed by atoms with van der Waals surface area (Å²) in [4.78, 5) is 18.8. The third kappa shape index (κ3) is 5.59. The Labute approximate surface area is 368 Å². The van der Waals surface area contributed by atoms with Gasteiger partial charge < -0.3 is 18.3 Å². The van der Waals surface area contributed by atoms with E-state index in [2.05, 4.69) is 135 Å². The molecule has 0 aliphatic rings. The van der Waals surface area contributed by atoms with Crippen LogP contribution in [0.2, 0.25) is 0 Å². The van der Waals surface area contributed by atoms with Gasteiger partial charge in [0.25, 0.3) is 0 Å². The van der Waals surface area contributed by atoms with Crippen molar-refractivity contribution in [1.29, 1.82) is 0 Å². The number of hydrogen-bond acceptors (Lipinski definition) is 5. The first-order chi connectivity index (χ1) is 31.5. The maximum atomic E-state index is 15.5. The summed E-state index contributed by atoms with van der Waals surface area (Å²) in [5, 5.41) is 6.75. The molecule has 0 spiro atoms. The van der Waals surface area contributed by atoms with Gasteiger partial charge in [0.1, 0.15) is 0 Å². The van der Waals surface area contributed by atoms with Gasteiger partial charge in [-0.05, 0) is 98.6 Å². The van der Waals surface area contributed by atoms with Gasteiger partial charge in [0.15, 0.2) is 7.14 Å². The quantitative estimate of drug-likeness (QED) is 0.113. The smallest absolute Gasteiger partial charge is 0.171 e. The number of rotatable bonds is 8. The van der Waals surface area contributed by atoms with Crippen LogP contribution in [0.3, 0.4) is 0 Å². The zero-order valence-electron chi connectivity index (χ0n) is 34.7. The molecule has 0 amide bonds. The lowest BCUT2D eigenvalue weighted by atomic mass is 10.1. The van der Waals surface area contributed by atoms with E-state index in [1.165, 1.54) is 10.8 Å². The predicted molar refractivity (Wildman–Crippen MR) is 267 cm³/mol. The summed E-state index contributed by atoms with van der Waals surface area (Å²) in [6.07, 6.45) is 5.26. The van der Waals surface area contributed by atoms with E-state index in [0.717, 1.165) is 93.6 Å². The van der Waals surface area contributed by atoms with Crippen LogP contribution in [0.1, 0.15) is 6.92 Å². The highest BCUT2D eigenvalue weighted by molar-refractivity contribution is 7.85. The molecule has 0 fully saturated rings. The van der Waals surface area contributed by atoms with Gasteiger partial charge in [-0.3, -0.25) is 20.0 Å². The van der Waals surface area contributed by atoms with E-state index in [1.807, 2.05) is 79.7 Å². The monoisotopic (exact) mass is 843 g/mol. The van der Waals surface area contributed by atoms with Crippen molar-refractivity contribution >= 4 is 113 Å². The standard InChI is InChI=1S/C55H38N7OP/c1-3-57-47-32-44-52(34-46(47)56-2)62(38-26-28-41(29-27-38)64(63,39-14-6-4-7-15-39)40-16-8-5-9-17-40)55-45-33-48-49(59-31-30-58-48)35-53(45)61(54(44)55)37-24-22-36(23-25-37)60-50-20-12-10-18-42(50)43-19-11-13-21-51(43)60/h3-35H,2H2,1H3/b57-3-. The van der Waals surface area contributed by atoms with Crippen LogP contribution >= 0.6 is 7.14 Å². The van der Waals surface area contributed by atoms with Crippen molar-refractivity contribution in [1.82, 2.24) is 23.7 Å². The second-order valence-corrected chi connectivity index (χ2v) is 18.6. The maximum Gasteiger partial charge on any atom is 0.171 e. The molecule has 0 bridgehead atoms. The first-order valence-electron chi connectivity index (χ1n) is 21.2. The van der Waals surface area contributed by atoms with Crippen molar-refractivity contribution in [2.45, 2.75) is 6.92 Å². The predicted octanol–water partition coefficient (Wildman–Crippen LogP) is 12.5. The number of hydrogen-bond donors (Lipinski definition) is 0. The molecule has 4 aromatic heterocycles. The Bertz CT molecular complexity index is 3790. The Morgan fingerprint density at radius 2 is 0.922 bits per heavy atom. The van der Waals surface area contributed by atoms with Crippen LogP contribution in [-0.4, -0.2) is 36.6 Å². The van der Waals surface area contributed by atoms with Gasteiger partial charge in [-0.25, -0.2) is 0 Å². The van der Waals surface area contributed by atoms with Crippen LogP contribution in [-0.2, 0) is 4.57 Å². The highest BCUT2D eigenvalue weighted by atomic mass is 31.2. The fourth-order valence-corrected chi connectivity index (χ4v) is 12.3. The number of para-hydroxylation sites is 2. The topological polar surface area (TPSA) is 82.4 Å². The zero-order valence-corrected chi connectivity index (χ0v) is 35.6. The SMILES string of the molecule is C=Nc1cc2c(cc1/N=C\C)c1c(c3cc4nccnc4cc3n1-c1ccc(-n3c4ccccc4c4ccccc43)cc1)n2-c1ccc(P(=O)(c2ccccc2)c2ccccc2)cc1. The fraction of sp³-hybridized carbons (Fsp3) is 0.0182. The lowest BCUT2D eigenvalue weighted by Gasteiger charge is -2.20. The summed E-state index contributed by atoms with van der Waals surface area (Å²) in [7, 11) is -3.22. The van der Waals surface area contributed by atoms with Crippen molar-refractivity contribution in [2.24, 2.45) is 9.98 Å². The average molecular weight is 844 g/mol. The maximum absolute atomic E-state index is 15.5. The molecule has 9 heteroatoms. The number of benzene rings is 8. The second-order valence-electron chi connectivity index (χ2n) is 15.9. The molecule has 64 heavy (non-hydrogen) atoms. The molecule has 4 heterocycles. The Morgan fingerprint density at radius 3 is 1.47 bits per heavy atom. The molecule has 12 aromatic rings. The Kier molecular flexibility index (Phi) is 8.64. The summed E-state index contributed by atoms with van der Waals surface area (Å²) in [6, 6.07) is 62.2. The minimum Gasteiger partial charge on any atom is -0.309 e. The van der Waals surface area contributed by atoms with E-state index in [-0.39, 0.29) is 0 Å². The third-order valence-electron chi connectivity index (χ3n) is 12.4. The van der Waals surface area contributed by atoms with E-state index < -0.39 is 7.14 Å². The summed E-state index contributed by atoms with van der Waals surface area (Å²) >= 11 is 0. The van der Waals surface area contributed by atoms with E-state index >= 15 is 4.57 Å². The molecule has 0 atom stereocenters. The van der Waals surface area contributed by atoms with Gasteiger partial charge in [0.05, 0.1) is 55.5 Å². The molecule has 0 aliphatic heterocycles. The average Bonchev–Trinajstić information content (AvgIpc) is 3.98. The molecule has 0 aliphatic carbocycles. The molecule has 0 saturated heterocycles. The van der Waals surface area contributed by atoms with Crippen molar-refractivity contribution in [2.75, 3.05) is 0 Å². The molecular weight excluding hydrogens is 806 g/mol. The van der Waals surface area contributed by atoms with E-state index in [9.17, 15) is 0 Å². The van der Waals surface area contributed by atoms with Crippen molar-refractivity contribution in [3.63, 3.8) is 0 Å². The second kappa shape index (κ2) is 14.7. The Balaban J connectivity index is 1.13. The molecule has 0 N–H and O–H groups in total. The lowest BCUT2D eigenvalue weighted by molar-refractivity contribution is 0.592. The molecule has 12 rings (SSSR count). The van der Waals surface area contributed by atoms with Crippen LogP contribution in [0.5, 0.6) is 0 Å². The third-order valence-corrected chi connectivity index (χ3v) is 15.5. The lowest BCUT2D eigenvalue weighted by Crippen LogP contribution is -2.24. The minimum atomic E-state index is -3.22. The zero-order chi connectivity index (χ0) is 42.9. The Morgan fingerprint density at radius 1 is 0.469 bits per heavy atom. The van der Waals surface area contributed by atoms with Gasteiger partial charge >= 0.3 is 0 Å². The molecular formula is C55H38N7OP. The van der Waals surface area contributed by atoms with E-state index in [1.54, 1.807) is 18.6 Å². The van der Waals surface area contributed by atoms with Crippen LogP contribution in [0.15, 0.2) is 204 Å². The van der Waals surface area contributed by atoms with Crippen LogP contribution in [0.4, 0.5) is 11.4 Å². The number of aliphatic imine (C=N–C) groups is 2. The number of aromatic nitrogens is 5. The molecule has 8 nitrogen and oxygen atoms in total. The highest BCUT2D eigenvalue weighted by Crippen LogP contribution is 2.46. The van der Waals surface area contributed by atoms with Gasteiger partial charge in [0, 0.05) is 73.1 Å². The molecule has 0 radical (unpaired) electrons. The Hall–Kier alpha value is -8.19. The van der Waals surface area contributed by atoms with E-state index in [0.29, 0.717) is 5.69 Å². The molecule has 8 aromatic carbocycles. The summed E-state index contributed by atoms with van der Waals surface area (Å²) in [6.45, 7) is 5.86. The van der Waals surface area contributed by atoms with Crippen LogP contribution < -0.4 is 15.9 Å². The largest absolute Gasteiger partial charge is 0.309 e. The molecule has 0 unspecified atom stereocenters. The van der Waals surface area contributed by atoms with Crippen molar-refractivity contribution < 1.29 is 4.57 Å². The number of fused-ring (bicyclic) bond motifs is 9. The van der Waals surface area contributed by atoms with Crippen LogP contribution in [0, 0.1) is 0 Å². The van der Waals surface area contributed by atoms with Gasteiger partial charge in [-0.2, -0.15) is 0 Å². The number of nitrogens with zero attached hydrogens (tertiary/aromatic N) is 7. The minimum absolute atomic E-state index is 0.670. The molecule has 0 saturated carbocycles. The van der Waals surface area contributed by atoms with Crippen molar-refractivity contribution in [3.8, 4) is 17.1 Å². The molecule has 304 valence electrons. The van der Waals surface area contributed by atoms with Crippen molar-refractivity contribution in [3.05, 3.63) is 194 Å². The summed E-state index contributed by atoms with van der Waals surface area (Å²) in [5.41, 5.74) is 12.1. The highest BCUT2D eigenvalue weighted by Gasteiger charge is 2.30. The summed E-state index contributed by atoms with van der Waals surface area (Å²) < 4.78 is 22.4. The van der Waals surface area contributed by atoms with E-state index in [4.69, 9.17) is 15.0 Å². The first kappa shape index (κ1) is 37.6.